The van der Waals surface area contributed by atoms with Crippen molar-refractivity contribution < 1.29 is 17.6 Å². The molecule has 0 atom stereocenters. The summed E-state index contributed by atoms with van der Waals surface area (Å²) in [6.45, 7) is 0.733. The smallest absolute Gasteiger partial charge is 0.254 e. The van der Waals surface area contributed by atoms with Crippen molar-refractivity contribution >= 4 is 15.9 Å². The summed E-state index contributed by atoms with van der Waals surface area (Å²) in [6, 6.07) is 19.3. The highest BCUT2D eigenvalue weighted by Gasteiger charge is 2.21. The average Bonchev–Trinajstić information content (AvgIpc) is 3.21. The molecule has 0 N–H and O–H groups in total. The van der Waals surface area contributed by atoms with E-state index in [4.69, 9.17) is 4.42 Å². The second kappa shape index (κ2) is 8.41. The van der Waals surface area contributed by atoms with E-state index < -0.39 is 10.0 Å². The zero-order chi connectivity index (χ0) is 20.1. The third kappa shape index (κ3) is 4.49. The van der Waals surface area contributed by atoms with Crippen molar-refractivity contribution in [3.63, 3.8) is 0 Å². The molecule has 7 heteroatoms. The number of furan rings is 1. The van der Waals surface area contributed by atoms with E-state index in [0.717, 1.165) is 9.87 Å². The summed E-state index contributed by atoms with van der Waals surface area (Å²) in [5, 5.41) is 0. The Labute approximate surface area is 165 Å². The molecule has 0 aliphatic carbocycles. The number of sulfonamides is 1. The average molecular weight is 398 g/mol. The van der Waals surface area contributed by atoms with Crippen LogP contribution in [0.5, 0.6) is 0 Å². The van der Waals surface area contributed by atoms with Crippen molar-refractivity contribution in [3.8, 4) is 0 Å². The van der Waals surface area contributed by atoms with Gasteiger partial charge in [0, 0.05) is 26.2 Å². The Hall–Kier alpha value is -2.90. The Bertz CT molecular complexity index is 1010. The minimum atomic E-state index is -3.54. The first-order chi connectivity index (χ1) is 13.4. The molecule has 2 aromatic carbocycles. The molecule has 0 spiro atoms. The van der Waals surface area contributed by atoms with Gasteiger partial charge in [-0.3, -0.25) is 4.79 Å². The Morgan fingerprint density at radius 1 is 0.893 bits per heavy atom. The van der Waals surface area contributed by atoms with Gasteiger partial charge < -0.3 is 9.32 Å². The Kier molecular flexibility index (Phi) is 5.96. The number of hydrogen-bond acceptors (Lipinski definition) is 4. The van der Waals surface area contributed by atoms with Crippen molar-refractivity contribution in [1.29, 1.82) is 0 Å². The zero-order valence-electron chi connectivity index (χ0n) is 15.8. The van der Waals surface area contributed by atoms with Crippen LogP contribution in [0.3, 0.4) is 0 Å². The molecular weight excluding hydrogens is 376 g/mol. The summed E-state index contributed by atoms with van der Waals surface area (Å²) >= 11 is 0. The minimum Gasteiger partial charge on any atom is -0.467 e. The number of rotatable bonds is 7. The van der Waals surface area contributed by atoms with E-state index >= 15 is 0 Å². The van der Waals surface area contributed by atoms with Gasteiger partial charge in [0.1, 0.15) is 5.76 Å². The molecule has 0 bridgehead atoms. The second-order valence-corrected chi connectivity index (χ2v) is 8.69. The number of carbonyl (C=O) groups is 1. The molecule has 0 fully saturated rings. The number of amides is 1. The van der Waals surface area contributed by atoms with Crippen LogP contribution >= 0.6 is 0 Å². The summed E-state index contributed by atoms with van der Waals surface area (Å²) < 4.78 is 31.0. The molecule has 3 rings (SSSR count). The van der Waals surface area contributed by atoms with Crippen LogP contribution in [0.15, 0.2) is 82.3 Å². The third-order valence-corrected chi connectivity index (χ3v) is 6.14. The van der Waals surface area contributed by atoms with Crippen LogP contribution in [-0.4, -0.2) is 37.6 Å². The van der Waals surface area contributed by atoms with Crippen LogP contribution in [0.1, 0.15) is 21.7 Å². The fourth-order valence-electron chi connectivity index (χ4n) is 2.76. The van der Waals surface area contributed by atoms with Crippen molar-refractivity contribution in [2.75, 3.05) is 14.1 Å². The van der Waals surface area contributed by atoms with Crippen LogP contribution < -0.4 is 0 Å². The summed E-state index contributed by atoms with van der Waals surface area (Å²) in [4.78, 5) is 14.9. The van der Waals surface area contributed by atoms with Gasteiger partial charge in [0.05, 0.1) is 17.7 Å². The molecular formula is C21H22N2O4S. The maximum atomic E-state index is 13.1. The van der Waals surface area contributed by atoms with Crippen molar-refractivity contribution in [1.82, 2.24) is 9.21 Å². The second-order valence-electron chi connectivity index (χ2n) is 6.54. The lowest BCUT2D eigenvalue weighted by atomic mass is 10.1. The summed E-state index contributed by atoms with van der Waals surface area (Å²) in [5.41, 5.74) is 1.41. The highest BCUT2D eigenvalue weighted by Crippen LogP contribution is 2.18. The highest BCUT2D eigenvalue weighted by atomic mass is 32.2. The lowest BCUT2D eigenvalue weighted by molar-refractivity contribution is 0.0717. The van der Waals surface area contributed by atoms with Crippen LogP contribution in [0, 0.1) is 0 Å². The lowest BCUT2D eigenvalue weighted by Gasteiger charge is -2.22. The van der Waals surface area contributed by atoms with Gasteiger partial charge >= 0.3 is 0 Å². The summed E-state index contributed by atoms with van der Waals surface area (Å²) in [5.74, 6) is 0.477. The van der Waals surface area contributed by atoms with E-state index in [2.05, 4.69) is 0 Å². The number of carbonyl (C=O) groups excluding carboxylic acids is 1. The van der Waals surface area contributed by atoms with Crippen molar-refractivity contribution in [3.05, 3.63) is 89.9 Å². The molecule has 0 aliphatic rings. The molecule has 146 valence electrons. The maximum absolute atomic E-state index is 13.1. The molecule has 0 unspecified atom stereocenters. The first kappa shape index (κ1) is 19.9. The molecule has 0 saturated carbocycles. The number of hydrogen-bond donors (Lipinski definition) is 0. The van der Waals surface area contributed by atoms with Crippen LogP contribution in [0.25, 0.3) is 0 Å². The number of nitrogens with zero attached hydrogens (tertiary/aromatic N) is 2. The predicted octanol–water partition coefficient (Wildman–Crippen LogP) is 3.37. The molecule has 1 heterocycles. The fourth-order valence-corrected chi connectivity index (χ4v) is 3.66. The Morgan fingerprint density at radius 3 is 2.14 bits per heavy atom. The van der Waals surface area contributed by atoms with Gasteiger partial charge in [0.2, 0.25) is 10.0 Å². The van der Waals surface area contributed by atoms with Gasteiger partial charge in [-0.25, -0.2) is 12.7 Å². The van der Waals surface area contributed by atoms with Crippen molar-refractivity contribution in [2.24, 2.45) is 0 Å². The Balaban J connectivity index is 1.86. The normalized spacial score (nSPS) is 11.5. The topological polar surface area (TPSA) is 70.8 Å². The van der Waals surface area contributed by atoms with Crippen LogP contribution in [-0.2, 0) is 23.1 Å². The van der Waals surface area contributed by atoms with Gasteiger partial charge in [-0.15, -0.1) is 0 Å². The molecule has 0 aliphatic heterocycles. The van der Waals surface area contributed by atoms with Crippen LogP contribution in [0.2, 0.25) is 0 Å². The van der Waals surface area contributed by atoms with Gasteiger partial charge in [0.15, 0.2) is 0 Å². The standard InChI is InChI=1S/C21H22N2O4S/c1-22(2)28(25,26)20-12-10-18(11-13-20)21(24)23(16-19-9-6-14-27-19)15-17-7-4-3-5-8-17/h3-14H,15-16H2,1-2H3. The minimum absolute atomic E-state index is 0.148. The molecule has 1 aromatic heterocycles. The van der Waals surface area contributed by atoms with E-state index in [9.17, 15) is 13.2 Å². The largest absolute Gasteiger partial charge is 0.467 e. The monoisotopic (exact) mass is 398 g/mol. The fraction of sp³-hybridized carbons (Fsp3) is 0.190. The highest BCUT2D eigenvalue weighted by molar-refractivity contribution is 7.89. The van der Waals surface area contributed by atoms with E-state index in [0.29, 0.717) is 24.4 Å². The maximum Gasteiger partial charge on any atom is 0.254 e. The lowest BCUT2D eigenvalue weighted by Crippen LogP contribution is -2.30. The molecule has 6 nitrogen and oxygen atoms in total. The van der Waals surface area contributed by atoms with Gasteiger partial charge in [-0.2, -0.15) is 0 Å². The first-order valence-corrected chi connectivity index (χ1v) is 10.2. The molecule has 28 heavy (non-hydrogen) atoms. The molecule has 3 aromatic rings. The molecule has 1 amide bonds. The van der Waals surface area contributed by atoms with Crippen LogP contribution in [0.4, 0.5) is 0 Å². The van der Waals surface area contributed by atoms with E-state index in [-0.39, 0.29) is 10.8 Å². The van der Waals surface area contributed by atoms with Crippen molar-refractivity contribution in [2.45, 2.75) is 18.0 Å². The van der Waals surface area contributed by atoms with E-state index in [1.54, 1.807) is 29.4 Å². The van der Waals surface area contributed by atoms with Gasteiger partial charge in [0.25, 0.3) is 5.91 Å². The van der Waals surface area contributed by atoms with E-state index in [1.165, 1.54) is 26.2 Å². The quantitative estimate of drug-likeness (QED) is 0.612. The summed E-state index contributed by atoms with van der Waals surface area (Å²) in [7, 11) is -0.593. The summed E-state index contributed by atoms with van der Waals surface area (Å²) in [6.07, 6.45) is 1.57. The Morgan fingerprint density at radius 2 is 1.57 bits per heavy atom. The number of benzene rings is 2. The first-order valence-electron chi connectivity index (χ1n) is 8.76. The predicted molar refractivity (Wildman–Crippen MR) is 106 cm³/mol. The third-order valence-electron chi connectivity index (χ3n) is 4.31. The molecule has 0 saturated heterocycles. The SMILES string of the molecule is CN(C)S(=O)(=O)c1ccc(C(=O)N(Cc2ccccc2)Cc2ccco2)cc1. The van der Waals surface area contributed by atoms with E-state index in [1.807, 2.05) is 36.4 Å². The van der Waals surface area contributed by atoms with Gasteiger partial charge in [-0.1, -0.05) is 30.3 Å². The zero-order valence-corrected chi connectivity index (χ0v) is 16.6. The van der Waals surface area contributed by atoms with Gasteiger partial charge in [-0.05, 0) is 42.0 Å². The molecule has 0 radical (unpaired) electrons.